The molecule has 0 aliphatic heterocycles. The number of rotatable bonds is 2. The maximum absolute atomic E-state index is 10.2. The molecule has 0 aromatic heterocycles. The van der Waals surface area contributed by atoms with Crippen molar-refractivity contribution < 1.29 is 9.59 Å². The molecule has 0 amide bonds. The summed E-state index contributed by atoms with van der Waals surface area (Å²) in [6.07, 6.45) is 2.67. The molecular formula is C9H8N4O2. The van der Waals surface area contributed by atoms with Gasteiger partial charge in [0.2, 0.25) is 12.2 Å². The average molecular weight is 204 g/mol. The third-order valence-electron chi connectivity index (χ3n) is 1.89. The number of aliphatic imine (C=N–C) groups is 2. The number of hydrogen-bond acceptors (Lipinski definition) is 6. The summed E-state index contributed by atoms with van der Waals surface area (Å²) >= 11 is 0. The summed E-state index contributed by atoms with van der Waals surface area (Å²) in [5.74, 6) is 0. The number of anilines is 2. The van der Waals surface area contributed by atoms with Crippen molar-refractivity contribution in [1.29, 1.82) is 0 Å². The summed E-state index contributed by atoms with van der Waals surface area (Å²) in [5.41, 5.74) is 12.5. The van der Waals surface area contributed by atoms with Gasteiger partial charge in [-0.2, -0.15) is 9.98 Å². The fourth-order valence-electron chi connectivity index (χ4n) is 1.13. The third-order valence-corrected chi connectivity index (χ3v) is 1.89. The minimum Gasteiger partial charge on any atom is -0.397 e. The lowest BCUT2D eigenvalue weighted by atomic mass is 10.1. The first-order valence-electron chi connectivity index (χ1n) is 3.96. The Balaban J connectivity index is 3.64. The van der Waals surface area contributed by atoms with E-state index < -0.39 is 0 Å². The fourth-order valence-corrected chi connectivity index (χ4v) is 1.13. The molecule has 0 spiro atoms. The van der Waals surface area contributed by atoms with Crippen molar-refractivity contribution in [2.24, 2.45) is 9.98 Å². The quantitative estimate of drug-likeness (QED) is 0.426. The first-order chi connectivity index (χ1) is 7.11. The molecule has 0 unspecified atom stereocenters. The lowest BCUT2D eigenvalue weighted by Crippen LogP contribution is -1.97. The number of nitrogens with zero attached hydrogens (tertiary/aromatic N) is 2. The molecule has 0 heterocycles. The lowest BCUT2D eigenvalue weighted by Gasteiger charge is -2.08. The van der Waals surface area contributed by atoms with Crippen LogP contribution in [0.15, 0.2) is 16.1 Å². The molecule has 0 atom stereocenters. The molecule has 0 fully saturated rings. The van der Waals surface area contributed by atoms with Crippen molar-refractivity contribution >= 4 is 34.9 Å². The Labute approximate surface area is 85.3 Å². The highest BCUT2D eigenvalue weighted by atomic mass is 16.1. The largest absolute Gasteiger partial charge is 0.397 e. The van der Waals surface area contributed by atoms with Gasteiger partial charge in [0.05, 0.1) is 11.4 Å². The molecule has 15 heavy (non-hydrogen) atoms. The Morgan fingerprint density at radius 2 is 1.73 bits per heavy atom. The van der Waals surface area contributed by atoms with Crippen LogP contribution in [0.5, 0.6) is 0 Å². The van der Waals surface area contributed by atoms with Gasteiger partial charge in [-0.1, -0.05) is 0 Å². The highest BCUT2D eigenvalue weighted by molar-refractivity contribution is 5.89. The zero-order valence-electron chi connectivity index (χ0n) is 7.94. The van der Waals surface area contributed by atoms with Gasteiger partial charge in [-0.05, 0) is 18.6 Å². The zero-order valence-corrected chi connectivity index (χ0v) is 7.94. The van der Waals surface area contributed by atoms with Crippen LogP contribution >= 0.6 is 0 Å². The molecule has 0 aliphatic rings. The van der Waals surface area contributed by atoms with Crippen LogP contribution in [0, 0.1) is 6.92 Å². The van der Waals surface area contributed by atoms with E-state index in [0.29, 0.717) is 11.3 Å². The number of aryl methyl sites for hydroxylation is 1. The molecule has 0 saturated heterocycles. The van der Waals surface area contributed by atoms with E-state index in [2.05, 4.69) is 9.98 Å². The summed E-state index contributed by atoms with van der Waals surface area (Å²) in [7, 11) is 0. The Morgan fingerprint density at radius 1 is 1.13 bits per heavy atom. The standard InChI is InChI=1S/C9H8N4O2/c1-5-2-6(12-3-14)9(13-4-15)8(11)7(5)10/h2H,10-11H2,1H3. The van der Waals surface area contributed by atoms with Crippen LogP contribution < -0.4 is 11.5 Å². The van der Waals surface area contributed by atoms with Crippen molar-refractivity contribution in [1.82, 2.24) is 0 Å². The summed E-state index contributed by atoms with van der Waals surface area (Å²) in [4.78, 5) is 27.0. The maximum Gasteiger partial charge on any atom is 0.240 e. The zero-order chi connectivity index (χ0) is 11.4. The van der Waals surface area contributed by atoms with E-state index in [0.717, 1.165) is 0 Å². The van der Waals surface area contributed by atoms with E-state index in [-0.39, 0.29) is 17.1 Å². The van der Waals surface area contributed by atoms with Gasteiger partial charge in [0.25, 0.3) is 0 Å². The molecule has 0 bridgehead atoms. The van der Waals surface area contributed by atoms with Gasteiger partial charge < -0.3 is 11.5 Å². The molecule has 0 aliphatic carbocycles. The first kappa shape index (κ1) is 10.7. The van der Waals surface area contributed by atoms with Gasteiger partial charge in [0.1, 0.15) is 11.4 Å². The Bertz CT molecular complexity index is 497. The Morgan fingerprint density at radius 3 is 2.27 bits per heavy atom. The predicted molar refractivity (Wildman–Crippen MR) is 55.6 cm³/mol. The van der Waals surface area contributed by atoms with Crippen LogP contribution in [0.4, 0.5) is 22.7 Å². The van der Waals surface area contributed by atoms with E-state index in [4.69, 9.17) is 11.5 Å². The van der Waals surface area contributed by atoms with Crippen molar-refractivity contribution in [3.05, 3.63) is 11.6 Å². The molecule has 1 aromatic rings. The average Bonchev–Trinajstić information content (AvgIpc) is 2.21. The van der Waals surface area contributed by atoms with Crippen molar-refractivity contribution in [3.63, 3.8) is 0 Å². The highest BCUT2D eigenvalue weighted by Gasteiger charge is 2.11. The minimum atomic E-state index is 0.0384. The van der Waals surface area contributed by atoms with E-state index in [1.54, 1.807) is 6.92 Å². The van der Waals surface area contributed by atoms with Gasteiger partial charge in [-0.3, -0.25) is 0 Å². The van der Waals surface area contributed by atoms with Crippen LogP contribution in [0.2, 0.25) is 0 Å². The monoisotopic (exact) mass is 204 g/mol. The van der Waals surface area contributed by atoms with E-state index in [1.807, 2.05) is 0 Å². The Kier molecular flexibility index (Phi) is 2.98. The molecular weight excluding hydrogens is 196 g/mol. The molecule has 0 radical (unpaired) electrons. The molecule has 1 aromatic carbocycles. The second-order valence-electron chi connectivity index (χ2n) is 2.79. The summed E-state index contributed by atoms with van der Waals surface area (Å²) in [6.45, 7) is 1.70. The van der Waals surface area contributed by atoms with Crippen LogP contribution in [0.3, 0.4) is 0 Å². The second kappa shape index (κ2) is 4.19. The van der Waals surface area contributed by atoms with Crippen molar-refractivity contribution in [2.45, 2.75) is 6.92 Å². The SMILES string of the molecule is Cc1cc(N=C=O)c(N=C=O)c(N)c1N. The van der Waals surface area contributed by atoms with Crippen LogP contribution in [0.25, 0.3) is 0 Å². The van der Waals surface area contributed by atoms with E-state index in [9.17, 15) is 9.59 Å². The van der Waals surface area contributed by atoms with E-state index >= 15 is 0 Å². The first-order valence-corrected chi connectivity index (χ1v) is 3.96. The van der Waals surface area contributed by atoms with Gasteiger partial charge in [0, 0.05) is 0 Å². The number of isocyanates is 2. The lowest BCUT2D eigenvalue weighted by molar-refractivity contribution is 0.564. The molecule has 76 valence electrons. The third kappa shape index (κ3) is 1.91. The fraction of sp³-hybridized carbons (Fsp3) is 0.111. The number of nitrogens with two attached hydrogens (primary N) is 2. The van der Waals surface area contributed by atoms with Gasteiger partial charge in [-0.15, -0.1) is 0 Å². The number of hydrogen-bond donors (Lipinski definition) is 2. The van der Waals surface area contributed by atoms with Crippen LogP contribution in [-0.2, 0) is 9.59 Å². The van der Waals surface area contributed by atoms with Gasteiger partial charge >= 0.3 is 0 Å². The molecule has 4 N–H and O–H groups in total. The number of nitrogen functional groups attached to an aromatic ring is 2. The second-order valence-corrected chi connectivity index (χ2v) is 2.79. The molecule has 1 rings (SSSR count). The van der Waals surface area contributed by atoms with Gasteiger partial charge in [0.15, 0.2) is 0 Å². The Hall–Kier alpha value is -2.42. The van der Waals surface area contributed by atoms with Crippen molar-refractivity contribution in [2.75, 3.05) is 11.5 Å². The van der Waals surface area contributed by atoms with E-state index in [1.165, 1.54) is 18.2 Å². The topological polar surface area (TPSA) is 111 Å². The number of carbonyl (C=O) groups excluding carboxylic acids is 2. The van der Waals surface area contributed by atoms with Crippen LogP contribution in [-0.4, -0.2) is 12.2 Å². The summed E-state index contributed by atoms with van der Waals surface area (Å²) < 4.78 is 0. The highest BCUT2D eigenvalue weighted by Crippen LogP contribution is 2.39. The van der Waals surface area contributed by atoms with Crippen LogP contribution in [0.1, 0.15) is 5.56 Å². The van der Waals surface area contributed by atoms with Gasteiger partial charge in [-0.25, -0.2) is 9.59 Å². The molecule has 6 heteroatoms. The van der Waals surface area contributed by atoms with Crippen molar-refractivity contribution in [3.8, 4) is 0 Å². The smallest absolute Gasteiger partial charge is 0.240 e. The predicted octanol–water partition coefficient (Wildman–Crippen LogP) is 1.09. The maximum atomic E-state index is 10.2. The molecule has 6 nitrogen and oxygen atoms in total. The minimum absolute atomic E-state index is 0.0384. The summed E-state index contributed by atoms with van der Waals surface area (Å²) in [5, 5.41) is 0. The number of benzene rings is 1. The normalized spacial score (nSPS) is 8.87. The summed E-state index contributed by atoms with van der Waals surface area (Å²) in [6, 6.07) is 1.49. The molecule has 0 saturated carbocycles.